The third kappa shape index (κ3) is 2.67. The Hall–Kier alpha value is -2.11. The molecular weight excluding hydrogens is 265 g/mol. The molecule has 0 atom stereocenters. The van der Waals surface area contributed by atoms with Crippen LogP contribution in [0.5, 0.6) is 0 Å². The Balaban J connectivity index is 2.43. The first-order chi connectivity index (χ1) is 8.79. The van der Waals surface area contributed by atoms with Gasteiger partial charge in [0, 0.05) is 0 Å². The summed E-state index contributed by atoms with van der Waals surface area (Å²) in [5.74, 6) is -2.31. The van der Waals surface area contributed by atoms with Crippen molar-refractivity contribution in [1.82, 2.24) is 0 Å². The fourth-order valence-electron chi connectivity index (χ4n) is 1.63. The van der Waals surface area contributed by atoms with Crippen molar-refractivity contribution in [3.8, 4) is 11.1 Å². The number of rotatable bonds is 1. The van der Waals surface area contributed by atoms with Gasteiger partial charge in [0.15, 0.2) is 11.6 Å². The van der Waals surface area contributed by atoms with Crippen LogP contribution >= 0.6 is 0 Å². The van der Waals surface area contributed by atoms with Crippen LogP contribution in [-0.4, -0.2) is 0 Å². The molecule has 0 aliphatic heterocycles. The maximum atomic E-state index is 13.2. The smallest absolute Gasteiger partial charge is 0.396 e. The molecule has 2 aromatic carbocycles. The second-order valence-electron chi connectivity index (χ2n) is 3.94. The van der Waals surface area contributed by atoms with Crippen LogP contribution in [0.1, 0.15) is 5.56 Å². The Morgan fingerprint density at radius 3 is 1.89 bits per heavy atom. The van der Waals surface area contributed by atoms with Crippen LogP contribution < -0.4 is 5.73 Å². The van der Waals surface area contributed by atoms with E-state index in [1.54, 1.807) is 0 Å². The highest BCUT2D eigenvalue weighted by Crippen LogP contribution is 2.32. The van der Waals surface area contributed by atoms with E-state index in [4.69, 9.17) is 5.73 Å². The maximum absolute atomic E-state index is 13.2. The van der Waals surface area contributed by atoms with E-state index in [0.29, 0.717) is 5.56 Å². The fraction of sp³-hybridized carbons (Fsp3) is 0.0769. The highest BCUT2D eigenvalue weighted by molar-refractivity contribution is 5.68. The van der Waals surface area contributed by atoms with Crippen molar-refractivity contribution in [3.63, 3.8) is 0 Å². The van der Waals surface area contributed by atoms with Gasteiger partial charge in [-0.05, 0) is 35.4 Å². The van der Waals surface area contributed by atoms with Gasteiger partial charge in [-0.15, -0.1) is 0 Å². The Bertz CT molecular complexity index is 578. The number of hydrogen-bond acceptors (Lipinski definition) is 1. The Morgan fingerprint density at radius 1 is 0.842 bits per heavy atom. The molecule has 0 spiro atoms. The van der Waals surface area contributed by atoms with Gasteiger partial charge in [-0.1, -0.05) is 12.1 Å². The van der Waals surface area contributed by atoms with Gasteiger partial charge >= 0.3 is 6.18 Å². The maximum Gasteiger partial charge on any atom is 0.416 e. The number of alkyl halides is 3. The van der Waals surface area contributed by atoms with E-state index in [9.17, 15) is 22.0 Å². The highest BCUT2D eigenvalue weighted by Gasteiger charge is 2.30. The van der Waals surface area contributed by atoms with E-state index in [1.165, 1.54) is 18.2 Å². The normalized spacial score (nSPS) is 11.6. The van der Waals surface area contributed by atoms with E-state index in [1.807, 2.05) is 0 Å². The van der Waals surface area contributed by atoms with Gasteiger partial charge in [-0.25, -0.2) is 8.78 Å². The zero-order chi connectivity index (χ0) is 14.2. The van der Waals surface area contributed by atoms with E-state index < -0.39 is 29.1 Å². The van der Waals surface area contributed by atoms with Gasteiger partial charge in [0.1, 0.15) is 0 Å². The lowest BCUT2D eigenvalue weighted by Gasteiger charge is -2.08. The summed E-state index contributed by atoms with van der Waals surface area (Å²) in [6.07, 6.45) is -4.44. The lowest BCUT2D eigenvalue weighted by molar-refractivity contribution is -0.137. The summed E-state index contributed by atoms with van der Waals surface area (Å²) in [4.78, 5) is 0. The Labute approximate surface area is 105 Å². The monoisotopic (exact) mass is 273 g/mol. The lowest BCUT2D eigenvalue weighted by Crippen LogP contribution is -2.04. The van der Waals surface area contributed by atoms with E-state index in [-0.39, 0.29) is 5.56 Å². The molecule has 0 amide bonds. The van der Waals surface area contributed by atoms with E-state index in [2.05, 4.69) is 0 Å². The molecule has 0 aliphatic carbocycles. The molecule has 0 saturated heterocycles. The fourth-order valence-corrected chi connectivity index (χ4v) is 1.63. The minimum Gasteiger partial charge on any atom is -0.396 e. The standard InChI is InChI=1S/C13H8F5N/c14-10-5-8(6-11(19)12(10)15)7-1-3-9(4-2-7)13(16,17)18/h1-6H,19H2. The molecule has 0 bridgehead atoms. The molecule has 2 N–H and O–H groups in total. The van der Waals surface area contributed by atoms with Crippen molar-refractivity contribution in [2.75, 3.05) is 5.73 Å². The van der Waals surface area contributed by atoms with Crippen LogP contribution in [0.25, 0.3) is 11.1 Å². The van der Waals surface area contributed by atoms with Crippen LogP contribution in [0, 0.1) is 11.6 Å². The summed E-state index contributed by atoms with van der Waals surface area (Å²) in [5.41, 5.74) is 4.59. The summed E-state index contributed by atoms with van der Waals surface area (Å²) in [5, 5.41) is 0. The van der Waals surface area contributed by atoms with Crippen LogP contribution in [-0.2, 0) is 6.18 Å². The third-order valence-electron chi connectivity index (χ3n) is 2.60. The van der Waals surface area contributed by atoms with E-state index >= 15 is 0 Å². The molecule has 1 nitrogen and oxygen atoms in total. The zero-order valence-corrected chi connectivity index (χ0v) is 9.43. The first kappa shape index (κ1) is 13.3. The molecule has 6 heteroatoms. The highest BCUT2D eigenvalue weighted by atomic mass is 19.4. The number of nitrogens with two attached hydrogens (primary N) is 1. The second-order valence-corrected chi connectivity index (χ2v) is 3.94. The first-order valence-corrected chi connectivity index (χ1v) is 5.21. The van der Waals surface area contributed by atoms with Gasteiger partial charge in [0.25, 0.3) is 0 Å². The number of anilines is 1. The van der Waals surface area contributed by atoms with Crippen LogP contribution in [0.4, 0.5) is 27.6 Å². The van der Waals surface area contributed by atoms with Gasteiger partial charge in [-0.2, -0.15) is 13.2 Å². The van der Waals surface area contributed by atoms with Crippen molar-refractivity contribution >= 4 is 5.69 Å². The summed E-state index contributed by atoms with van der Waals surface area (Å²) >= 11 is 0. The number of nitrogen functional groups attached to an aromatic ring is 1. The Kier molecular flexibility index (Phi) is 3.18. The second kappa shape index (κ2) is 4.53. The molecule has 0 aliphatic rings. The number of benzene rings is 2. The average molecular weight is 273 g/mol. The SMILES string of the molecule is Nc1cc(-c2ccc(C(F)(F)F)cc2)cc(F)c1F. The average Bonchev–Trinajstić information content (AvgIpc) is 2.34. The van der Waals surface area contributed by atoms with Crippen LogP contribution in [0.2, 0.25) is 0 Å². The topological polar surface area (TPSA) is 26.0 Å². The molecule has 0 radical (unpaired) electrons. The van der Waals surface area contributed by atoms with Gasteiger partial charge < -0.3 is 5.73 Å². The third-order valence-corrected chi connectivity index (χ3v) is 2.60. The molecular formula is C13H8F5N. The molecule has 0 aromatic heterocycles. The Morgan fingerprint density at radius 2 is 1.42 bits per heavy atom. The molecule has 2 aromatic rings. The molecule has 0 fully saturated rings. The largest absolute Gasteiger partial charge is 0.416 e. The van der Waals surface area contributed by atoms with Crippen LogP contribution in [0.15, 0.2) is 36.4 Å². The number of hydrogen-bond donors (Lipinski definition) is 1. The number of halogens is 5. The molecule has 0 unspecified atom stereocenters. The lowest BCUT2D eigenvalue weighted by atomic mass is 10.0. The molecule has 100 valence electrons. The predicted octanol–water partition coefficient (Wildman–Crippen LogP) is 4.23. The zero-order valence-electron chi connectivity index (χ0n) is 9.43. The van der Waals surface area contributed by atoms with E-state index in [0.717, 1.165) is 18.2 Å². The van der Waals surface area contributed by atoms with Crippen molar-refractivity contribution < 1.29 is 22.0 Å². The first-order valence-electron chi connectivity index (χ1n) is 5.21. The molecule has 0 saturated carbocycles. The van der Waals surface area contributed by atoms with Crippen molar-refractivity contribution in [2.24, 2.45) is 0 Å². The summed E-state index contributed by atoms with van der Waals surface area (Å²) in [6.45, 7) is 0. The molecule has 19 heavy (non-hydrogen) atoms. The summed E-state index contributed by atoms with van der Waals surface area (Å²) < 4.78 is 63.3. The van der Waals surface area contributed by atoms with Gasteiger partial charge in [0.2, 0.25) is 0 Å². The minimum absolute atomic E-state index is 0.213. The predicted molar refractivity (Wildman–Crippen MR) is 61.2 cm³/mol. The summed E-state index contributed by atoms with van der Waals surface area (Å²) in [7, 11) is 0. The van der Waals surface area contributed by atoms with Crippen molar-refractivity contribution in [1.29, 1.82) is 0 Å². The minimum atomic E-state index is -4.44. The van der Waals surface area contributed by atoms with Crippen molar-refractivity contribution in [3.05, 3.63) is 53.6 Å². The molecule has 2 rings (SSSR count). The van der Waals surface area contributed by atoms with Crippen LogP contribution in [0.3, 0.4) is 0 Å². The quantitative estimate of drug-likeness (QED) is 0.610. The van der Waals surface area contributed by atoms with Gasteiger partial charge in [-0.3, -0.25) is 0 Å². The molecule has 0 heterocycles. The summed E-state index contributed by atoms with van der Waals surface area (Å²) in [6, 6.07) is 6.14. The van der Waals surface area contributed by atoms with Gasteiger partial charge in [0.05, 0.1) is 11.3 Å². The van der Waals surface area contributed by atoms with Crippen molar-refractivity contribution in [2.45, 2.75) is 6.18 Å².